The van der Waals surface area contributed by atoms with E-state index in [9.17, 15) is 0 Å². The van der Waals surface area contributed by atoms with Crippen molar-refractivity contribution in [3.63, 3.8) is 0 Å². The fourth-order valence-electron chi connectivity index (χ4n) is 2.39. The van der Waals surface area contributed by atoms with Crippen molar-refractivity contribution in [1.82, 2.24) is 5.32 Å². The van der Waals surface area contributed by atoms with Crippen LogP contribution in [-0.4, -0.2) is 13.6 Å². The van der Waals surface area contributed by atoms with E-state index in [2.05, 4.69) is 67.7 Å². The van der Waals surface area contributed by atoms with E-state index in [1.807, 2.05) is 13.1 Å². The Morgan fingerprint density at radius 1 is 0.944 bits per heavy atom. The molecule has 2 atom stereocenters. The summed E-state index contributed by atoms with van der Waals surface area (Å²) < 4.78 is 0. The van der Waals surface area contributed by atoms with Gasteiger partial charge in [-0.3, -0.25) is 0 Å². The van der Waals surface area contributed by atoms with Crippen molar-refractivity contribution in [1.29, 1.82) is 0 Å². The van der Waals surface area contributed by atoms with Crippen LogP contribution in [0.4, 0.5) is 0 Å². The Kier molecular flexibility index (Phi) is 7.12. The van der Waals surface area contributed by atoms with Gasteiger partial charge in [0.15, 0.2) is 0 Å². The van der Waals surface area contributed by atoms with Crippen LogP contribution < -0.4 is 5.32 Å². The van der Waals surface area contributed by atoms with Gasteiger partial charge in [0.25, 0.3) is 0 Å². The van der Waals surface area contributed by atoms with Gasteiger partial charge in [0.1, 0.15) is 0 Å². The first-order valence-electron chi connectivity index (χ1n) is 6.82. The Bertz CT molecular complexity index is 360. The summed E-state index contributed by atoms with van der Waals surface area (Å²) in [5, 5.41) is 3.28. The van der Waals surface area contributed by atoms with Gasteiger partial charge in [0.05, 0.1) is 0 Å². The van der Waals surface area contributed by atoms with Gasteiger partial charge < -0.3 is 5.32 Å². The maximum Gasteiger partial charge on any atom is -0.00203 e. The smallest absolute Gasteiger partial charge is 0.00203 e. The molecule has 1 aromatic rings. The molecule has 0 saturated heterocycles. The summed E-state index contributed by atoms with van der Waals surface area (Å²) in [6, 6.07) is 19.1. The van der Waals surface area contributed by atoms with E-state index in [0.29, 0.717) is 11.8 Å². The monoisotopic (exact) mass is 243 g/mol. The maximum atomic E-state index is 3.28. The lowest BCUT2D eigenvalue weighted by atomic mass is 9.85. The molecule has 0 fully saturated rings. The Morgan fingerprint density at radius 3 is 1.89 bits per heavy atom. The minimum Gasteiger partial charge on any atom is -0.319 e. The highest BCUT2D eigenvalue weighted by atomic mass is 14.8. The minimum absolute atomic E-state index is 0.607. The predicted molar refractivity (Wildman–Crippen MR) is 80.2 cm³/mol. The highest BCUT2D eigenvalue weighted by molar-refractivity contribution is 5.17. The van der Waals surface area contributed by atoms with Crippen molar-refractivity contribution in [3.05, 3.63) is 60.2 Å². The van der Waals surface area contributed by atoms with E-state index >= 15 is 0 Å². The summed E-state index contributed by atoms with van der Waals surface area (Å²) in [7, 11) is 2.02. The lowest BCUT2D eigenvalue weighted by molar-refractivity contribution is 0.431. The molecule has 0 aromatic heterocycles. The first kappa shape index (κ1) is 14.7. The summed E-state index contributed by atoms with van der Waals surface area (Å²) in [5.74, 6) is 1.25. The molecule has 98 valence electrons. The first-order valence-corrected chi connectivity index (χ1v) is 6.82. The minimum atomic E-state index is 0.607. The lowest BCUT2D eigenvalue weighted by Gasteiger charge is -2.22. The number of hydrogen-bond donors (Lipinski definition) is 1. The molecule has 0 radical (unpaired) electrons. The van der Waals surface area contributed by atoms with Crippen molar-refractivity contribution >= 4 is 0 Å². The molecule has 1 heteroatoms. The molecule has 0 aliphatic heterocycles. The summed E-state index contributed by atoms with van der Waals surface area (Å²) in [6.07, 6.45) is 1.17. The maximum absolute atomic E-state index is 3.28. The van der Waals surface area contributed by atoms with Crippen LogP contribution in [0.3, 0.4) is 0 Å². The van der Waals surface area contributed by atoms with Gasteiger partial charge >= 0.3 is 0 Å². The molecule has 0 amide bonds. The number of rotatable bonds is 5. The Labute approximate surface area is 112 Å². The topological polar surface area (TPSA) is 12.0 Å². The molecule has 1 nitrogen and oxygen atoms in total. The van der Waals surface area contributed by atoms with Crippen LogP contribution in [0.1, 0.15) is 31.7 Å². The van der Waals surface area contributed by atoms with E-state index in [0.717, 1.165) is 6.54 Å². The van der Waals surface area contributed by atoms with Crippen LogP contribution in [0.5, 0.6) is 0 Å². The summed E-state index contributed by atoms with van der Waals surface area (Å²) in [6.45, 7) is 5.64. The lowest BCUT2D eigenvalue weighted by Crippen LogP contribution is -2.21. The van der Waals surface area contributed by atoms with Crippen LogP contribution in [-0.2, 0) is 0 Å². The molecular weight excluding hydrogens is 218 g/mol. The number of nitrogens with one attached hydrogen (secondary N) is 1. The van der Waals surface area contributed by atoms with Crippen molar-refractivity contribution in [2.24, 2.45) is 5.92 Å². The molecule has 18 heavy (non-hydrogen) atoms. The summed E-state index contributed by atoms with van der Waals surface area (Å²) in [4.78, 5) is 0. The standard InChI is InChI=1S/C17H25N/c1-4-17(15(2)14-18-3)16-12-10-8-6-5-7-9-11-13-16/h5-13,15,17-18H,4,14H2,1-3H3. The third kappa shape index (κ3) is 4.89. The molecule has 1 rings (SSSR count). The van der Waals surface area contributed by atoms with Gasteiger partial charge in [0.2, 0.25) is 0 Å². The van der Waals surface area contributed by atoms with E-state index in [1.165, 1.54) is 12.0 Å². The second-order valence-corrected chi connectivity index (χ2v) is 4.73. The van der Waals surface area contributed by atoms with Gasteiger partial charge in [-0.15, -0.1) is 0 Å². The summed E-state index contributed by atoms with van der Waals surface area (Å²) >= 11 is 0. The molecule has 0 bridgehead atoms. The first-order chi connectivity index (χ1) is 8.79. The average molecular weight is 243 g/mol. The van der Waals surface area contributed by atoms with E-state index in [-0.39, 0.29) is 0 Å². The van der Waals surface area contributed by atoms with Gasteiger partial charge in [-0.05, 0) is 37.4 Å². The molecule has 0 aliphatic carbocycles. The Morgan fingerprint density at radius 2 is 1.44 bits per heavy atom. The van der Waals surface area contributed by atoms with Crippen LogP contribution in [0.2, 0.25) is 0 Å². The van der Waals surface area contributed by atoms with Crippen LogP contribution in [0, 0.1) is 5.92 Å². The second-order valence-electron chi connectivity index (χ2n) is 4.73. The van der Waals surface area contributed by atoms with Crippen molar-refractivity contribution < 1.29 is 0 Å². The molecule has 2 unspecified atom stereocenters. The highest BCUT2D eigenvalue weighted by Crippen LogP contribution is 2.26. The van der Waals surface area contributed by atoms with E-state index in [4.69, 9.17) is 0 Å². The fraction of sp³-hybridized carbons (Fsp3) is 0.412. The molecule has 0 saturated carbocycles. The molecule has 0 heterocycles. The van der Waals surface area contributed by atoms with Gasteiger partial charge in [-0.1, -0.05) is 68.4 Å². The van der Waals surface area contributed by atoms with Gasteiger partial charge in [-0.2, -0.15) is 0 Å². The molecular formula is C17H25N. The zero-order valence-electron chi connectivity index (χ0n) is 11.8. The predicted octanol–water partition coefficient (Wildman–Crippen LogP) is 4.16. The molecule has 0 spiro atoms. The zero-order valence-corrected chi connectivity index (χ0v) is 11.8. The quantitative estimate of drug-likeness (QED) is 0.819. The van der Waals surface area contributed by atoms with Crippen LogP contribution in [0.15, 0.2) is 54.6 Å². The number of hydrogen-bond acceptors (Lipinski definition) is 1. The third-order valence-electron chi connectivity index (χ3n) is 3.32. The van der Waals surface area contributed by atoms with Crippen LogP contribution >= 0.6 is 0 Å². The normalized spacial score (nSPS) is 13.5. The zero-order chi connectivity index (χ0) is 13.2. The molecule has 0 aliphatic rings. The van der Waals surface area contributed by atoms with Crippen molar-refractivity contribution in [2.75, 3.05) is 13.6 Å². The Balaban J connectivity index is 3.04. The van der Waals surface area contributed by atoms with Gasteiger partial charge in [0, 0.05) is 0 Å². The largest absolute Gasteiger partial charge is 0.319 e. The average Bonchev–Trinajstić information content (AvgIpc) is 2.38. The van der Waals surface area contributed by atoms with Crippen molar-refractivity contribution in [2.45, 2.75) is 26.2 Å². The summed E-state index contributed by atoms with van der Waals surface area (Å²) in [5.41, 5.74) is 1.41. The van der Waals surface area contributed by atoms with Crippen LogP contribution in [0.25, 0.3) is 0 Å². The second kappa shape index (κ2) is 8.71. The molecule has 1 N–H and O–H groups in total. The van der Waals surface area contributed by atoms with Crippen molar-refractivity contribution in [3.8, 4) is 0 Å². The van der Waals surface area contributed by atoms with Gasteiger partial charge in [-0.25, -0.2) is 0 Å². The SMILES string of the molecule is CCC(c1ccccccccc1)C(C)CNC. The third-order valence-corrected chi connectivity index (χ3v) is 3.32. The highest BCUT2D eigenvalue weighted by Gasteiger charge is 2.15. The molecule has 1 aromatic carbocycles. The van der Waals surface area contributed by atoms with E-state index in [1.54, 1.807) is 0 Å². The fourth-order valence-corrected chi connectivity index (χ4v) is 2.39. The Hall–Kier alpha value is -1.34. The van der Waals surface area contributed by atoms with E-state index < -0.39 is 0 Å².